The molecule has 4 atom stereocenters. The van der Waals surface area contributed by atoms with Gasteiger partial charge in [0.05, 0.1) is 12.7 Å². The van der Waals surface area contributed by atoms with Gasteiger partial charge in [0.1, 0.15) is 6.79 Å². The van der Waals surface area contributed by atoms with E-state index in [0.717, 1.165) is 36.7 Å². The van der Waals surface area contributed by atoms with Crippen LogP contribution in [-0.4, -0.2) is 19.5 Å². The maximum absolute atomic E-state index is 6.05. The Morgan fingerprint density at radius 1 is 1.00 bits per heavy atom. The summed E-state index contributed by atoms with van der Waals surface area (Å²) in [4.78, 5) is 0. The fraction of sp³-hybridized carbons (Fsp3) is 1.00. The van der Waals surface area contributed by atoms with Gasteiger partial charge in [-0.15, -0.1) is 0 Å². The highest BCUT2D eigenvalue weighted by Crippen LogP contribution is 2.66. The van der Waals surface area contributed by atoms with Gasteiger partial charge >= 0.3 is 0 Å². The second-order valence-corrected chi connectivity index (χ2v) is 7.73. The largest absolute Gasteiger partial charge is 0.355 e. The van der Waals surface area contributed by atoms with E-state index in [2.05, 4.69) is 6.92 Å². The molecule has 3 aliphatic carbocycles. The minimum absolute atomic E-state index is 0.512. The van der Waals surface area contributed by atoms with Gasteiger partial charge in [-0.2, -0.15) is 0 Å². The van der Waals surface area contributed by atoms with E-state index in [0.29, 0.717) is 18.3 Å². The Kier molecular flexibility index (Phi) is 3.15. The Bertz CT molecular complexity index is 326. The second kappa shape index (κ2) is 4.73. The Balaban J connectivity index is 1.59. The first-order valence-electron chi connectivity index (χ1n) is 8.49. The summed E-state index contributed by atoms with van der Waals surface area (Å²) in [5.74, 6) is 3.83. The summed E-state index contributed by atoms with van der Waals surface area (Å²) in [7, 11) is 0. The van der Waals surface area contributed by atoms with E-state index in [-0.39, 0.29) is 0 Å². The SMILES string of the molecule is CC1CCC2(CC1)C1CCC(C1)C2C1CCOCO1. The molecule has 0 radical (unpaired) electrons. The minimum atomic E-state index is 0.512. The molecular formula is C17H28O2. The van der Waals surface area contributed by atoms with Crippen molar-refractivity contribution in [3.05, 3.63) is 0 Å². The van der Waals surface area contributed by atoms with Crippen molar-refractivity contribution in [2.75, 3.05) is 13.4 Å². The molecule has 4 rings (SSSR count). The van der Waals surface area contributed by atoms with Gasteiger partial charge < -0.3 is 9.47 Å². The van der Waals surface area contributed by atoms with Crippen LogP contribution in [0.3, 0.4) is 0 Å². The first kappa shape index (κ1) is 12.6. The Morgan fingerprint density at radius 2 is 1.84 bits per heavy atom. The second-order valence-electron chi connectivity index (χ2n) is 7.73. The lowest BCUT2D eigenvalue weighted by molar-refractivity contribution is -0.183. The average Bonchev–Trinajstić information content (AvgIpc) is 3.03. The third-order valence-electron chi connectivity index (χ3n) is 6.98. The monoisotopic (exact) mass is 264 g/mol. The van der Waals surface area contributed by atoms with Crippen molar-refractivity contribution in [2.45, 2.75) is 64.4 Å². The van der Waals surface area contributed by atoms with Crippen molar-refractivity contribution in [3.8, 4) is 0 Å². The predicted octanol–water partition coefficient (Wildman–Crippen LogP) is 3.99. The number of fused-ring (bicyclic) bond motifs is 3. The summed E-state index contributed by atoms with van der Waals surface area (Å²) in [6.45, 7) is 3.91. The van der Waals surface area contributed by atoms with Crippen LogP contribution in [0.15, 0.2) is 0 Å². The van der Waals surface area contributed by atoms with E-state index >= 15 is 0 Å². The van der Waals surface area contributed by atoms with Crippen LogP contribution in [0, 0.1) is 29.1 Å². The lowest BCUT2D eigenvalue weighted by Crippen LogP contribution is -2.47. The first-order chi connectivity index (χ1) is 9.29. The zero-order valence-corrected chi connectivity index (χ0v) is 12.3. The highest BCUT2D eigenvalue weighted by Gasteiger charge is 2.60. The van der Waals surface area contributed by atoms with Crippen LogP contribution >= 0.6 is 0 Å². The van der Waals surface area contributed by atoms with Gasteiger partial charge in [0.15, 0.2) is 0 Å². The predicted molar refractivity (Wildman–Crippen MR) is 74.7 cm³/mol. The van der Waals surface area contributed by atoms with E-state index < -0.39 is 0 Å². The molecule has 0 amide bonds. The topological polar surface area (TPSA) is 18.5 Å². The van der Waals surface area contributed by atoms with Gasteiger partial charge in [0, 0.05) is 0 Å². The molecule has 2 bridgehead atoms. The van der Waals surface area contributed by atoms with Gasteiger partial charge in [-0.1, -0.05) is 19.8 Å². The lowest BCUT2D eigenvalue weighted by Gasteiger charge is -2.51. The number of ether oxygens (including phenoxy) is 2. The van der Waals surface area contributed by atoms with Gasteiger partial charge in [-0.05, 0) is 67.6 Å². The fourth-order valence-corrected chi connectivity index (χ4v) is 6.08. The van der Waals surface area contributed by atoms with Crippen LogP contribution in [0.2, 0.25) is 0 Å². The molecule has 108 valence electrons. The molecule has 1 heterocycles. The summed E-state index contributed by atoms with van der Waals surface area (Å²) in [6.07, 6.45) is 12.1. The van der Waals surface area contributed by atoms with Crippen molar-refractivity contribution in [2.24, 2.45) is 29.1 Å². The van der Waals surface area contributed by atoms with Gasteiger partial charge in [-0.3, -0.25) is 0 Å². The van der Waals surface area contributed by atoms with E-state index in [1.54, 1.807) is 0 Å². The van der Waals surface area contributed by atoms with Crippen molar-refractivity contribution in [1.82, 2.24) is 0 Å². The molecule has 4 aliphatic rings. The van der Waals surface area contributed by atoms with Crippen LogP contribution in [0.25, 0.3) is 0 Å². The average molecular weight is 264 g/mol. The van der Waals surface area contributed by atoms with Crippen LogP contribution < -0.4 is 0 Å². The smallest absolute Gasteiger partial charge is 0.147 e. The van der Waals surface area contributed by atoms with E-state index in [4.69, 9.17) is 9.47 Å². The standard InChI is InChI=1S/C17H28O2/c1-12-4-7-17(8-5-12)14-3-2-13(10-14)16(17)15-6-9-18-11-19-15/h12-16H,2-11H2,1H3. The zero-order chi connectivity index (χ0) is 12.9. The molecule has 2 nitrogen and oxygen atoms in total. The zero-order valence-electron chi connectivity index (χ0n) is 12.3. The number of hydrogen-bond donors (Lipinski definition) is 0. The summed E-state index contributed by atoms with van der Waals surface area (Å²) in [6, 6.07) is 0. The Morgan fingerprint density at radius 3 is 2.58 bits per heavy atom. The van der Waals surface area contributed by atoms with Gasteiger partial charge in [-0.25, -0.2) is 0 Å². The van der Waals surface area contributed by atoms with Gasteiger partial charge in [0.25, 0.3) is 0 Å². The number of rotatable bonds is 1. The molecule has 4 unspecified atom stereocenters. The van der Waals surface area contributed by atoms with Crippen molar-refractivity contribution in [1.29, 1.82) is 0 Å². The molecular weight excluding hydrogens is 236 g/mol. The molecule has 3 saturated carbocycles. The highest BCUT2D eigenvalue weighted by molar-refractivity contribution is 5.09. The molecule has 0 aromatic carbocycles. The Labute approximate surface area is 117 Å². The molecule has 0 aromatic rings. The molecule has 0 N–H and O–H groups in total. The Hall–Kier alpha value is -0.0800. The van der Waals surface area contributed by atoms with Crippen LogP contribution in [0.4, 0.5) is 0 Å². The third kappa shape index (κ3) is 1.90. The van der Waals surface area contributed by atoms with Crippen LogP contribution in [0.5, 0.6) is 0 Å². The molecule has 1 aliphatic heterocycles. The van der Waals surface area contributed by atoms with Crippen LogP contribution in [-0.2, 0) is 9.47 Å². The number of hydrogen-bond acceptors (Lipinski definition) is 2. The highest BCUT2D eigenvalue weighted by atomic mass is 16.7. The van der Waals surface area contributed by atoms with E-state index in [1.807, 2.05) is 0 Å². The molecule has 1 spiro atoms. The maximum Gasteiger partial charge on any atom is 0.147 e. The molecule has 4 fully saturated rings. The van der Waals surface area contributed by atoms with Gasteiger partial charge in [0.2, 0.25) is 0 Å². The summed E-state index contributed by atoms with van der Waals surface area (Å²) < 4.78 is 11.5. The molecule has 2 heteroatoms. The summed E-state index contributed by atoms with van der Waals surface area (Å²) in [5.41, 5.74) is 0.664. The fourth-order valence-electron chi connectivity index (χ4n) is 6.08. The quantitative estimate of drug-likeness (QED) is 0.713. The summed E-state index contributed by atoms with van der Waals surface area (Å²) >= 11 is 0. The normalized spacial score (nSPS) is 53.8. The molecule has 1 saturated heterocycles. The van der Waals surface area contributed by atoms with Crippen molar-refractivity contribution >= 4 is 0 Å². The minimum Gasteiger partial charge on any atom is -0.355 e. The third-order valence-corrected chi connectivity index (χ3v) is 6.98. The molecule has 0 aromatic heterocycles. The van der Waals surface area contributed by atoms with E-state index in [9.17, 15) is 0 Å². The summed E-state index contributed by atoms with van der Waals surface area (Å²) in [5, 5.41) is 0. The van der Waals surface area contributed by atoms with Crippen molar-refractivity contribution < 1.29 is 9.47 Å². The van der Waals surface area contributed by atoms with Crippen molar-refractivity contribution in [3.63, 3.8) is 0 Å². The maximum atomic E-state index is 6.05. The van der Waals surface area contributed by atoms with Crippen LogP contribution in [0.1, 0.15) is 58.3 Å². The van der Waals surface area contributed by atoms with E-state index in [1.165, 1.54) is 44.9 Å². The first-order valence-corrected chi connectivity index (χ1v) is 8.49. The lowest BCUT2D eigenvalue weighted by atomic mass is 9.56. The molecule has 19 heavy (non-hydrogen) atoms.